The maximum atomic E-state index is 14.4. The predicted molar refractivity (Wildman–Crippen MR) is 234 cm³/mol. The molecule has 0 radical (unpaired) electrons. The van der Waals surface area contributed by atoms with Crippen LogP contribution in [0.25, 0.3) is 0 Å². The quantitative estimate of drug-likeness (QED) is 0.147. The smallest absolute Gasteiger partial charge is 0.311 e. The normalized spacial score (nSPS) is 42.8. The van der Waals surface area contributed by atoms with Crippen LogP contribution in [-0.4, -0.2) is 154 Å². The van der Waals surface area contributed by atoms with E-state index in [1.54, 1.807) is 48.5 Å². The van der Waals surface area contributed by atoms with Crippen LogP contribution in [0.4, 0.5) is 0 Å². The summed E-state index contributed by atoms with van der Waals surface area (Å²) in [6.45, 7) is 17.4. The van der Waals surface area contributed by atoms with E-state index in [-0.39, 0.29) is 19.3 Å². The van der Waals surface area contributed by atoms with Gasteiger partial charge in [-0.15, -0.1) is 0 Å². The lowest BCUT2D eigenvalue weighted by atomic mass is 9.77. The highest BCUT2D eigenvalue weighted by Gasteiger charge is 2.53. The van der Waals surface area contributed by atoms with Crippen LogP contribution in [0.1, 0.15) is 100 Å². The first-order chi connectivity index (χ1) is 28.9. The molecule has 3 aliphatic heterocycles. The fraction of sp³-hybridized carbons (Fsp3) is 0.800. The molecule has 3 aliphatic rings. The van der Waals surface area contributed by atoms with Crippen LogP contribution in [-0.2, 0) is 49.3 Å². The lowest BCUT2D eigenvalue weighted by Gasteiger charge is -2.49. The molecule has 1 amide bonds. The minimum atomic E-state index is -1.97. The fourth-order valence-electron chi connectivity index (χ4n) is 9.34. The lowest BCUT2D eigenvalue weighted by Crippen LogP contribution is -2.62. The van der Waals surface area contributed by atoms with Crippen molar-refractivity contribution in [3.05, 3.63) is 35.9 Å². The van der Waals surface area contributed by atoms with Crippen molar-refractivity contribution in [2.24, 2.45) is 17.8 Å². The molecule has 17 heteroatoms. The molecule has 1 aromatic rings. The van der Waals surface area contributed by atoms with E-state index in [2.05, 4.69) is 10.6 Å². The van der Waals surface area contributed by atoms with E-state index < -0.39 is 120 Å². The van der Waals surface area contributed by atoms with Crippen molar-refractivity contribution < 1.29 is 63.2 Å². The zero-order valence-electron chi connectivity index (χ0n) is 38.9. The fourth-order valence-corrected chi connectivity index (χ4v) is 9.55. The Hall–Kier alpha value is -2.55. The van der Waals surface area contributed by atoms with Crippen molar-refractivity contribution in [3.8, 4) is 0 Å². The summed E-state index contributed by atoms with van der Waals surface area (Å²) >= 11 is 5.80. The monoisotopic (exact) mass is 898 g/mol. The number of amides is 1. The average Bonchev–Trinajstić information content (AvgIpc) is 3.24. The third kappa shape index (κ3) is 11.8. The Balaban J connectivity index is 1.80. The Morgan fingerprint density at radius 2 is 1.56 bits per heavy atom. The van der Waals surface area contributed by atoms with Crippen molar-refractivity contribution in [2.45, 2.75) is 192 Å². The van der Waals surface area contributed by atoms with Gasteiger partial charge in [-0.25, -0.2) is 0 Å². The van der Waals surface area contributed by atoms with Crippen molar-refractivity contribution in [1.29, 1.82) is 0 Å². The number of carbonyl (C=O) groups excluding carboxylic acids is 2. The molecule has 0 bridgehead atoms. The Morgan fingerprint density at radius 3 is 2.16 bits per heavy atom. The highest BCUT2D eigenvalue weighted by atomic mass is 32.1. The summed E-state index contributed by atoms with van der Waals surface area (Å²) in [7, 11) is 4.80. The van der Waals surface area contributed by atoms with E-state index >= 15 is 0 Å². The average molecular weight is 898 g/mol. The number of methoxy groups -OCH3 is 2. The summed E-state index contributed by atoms with van der Waals surface area (Å²) in [5.41, 5.74) is -3.32. The molecular weight excluding hydrogens is 823 g/mol. The molecule has 0 aromatic heterocycles. The van der Waals surface area contributed by atoms with E-state index in [1.165, 1.54) is 21.1 Å². The molecule has 62 heavy (non-hydrogen) atoms. The van der Waals surface area contributed by atoms with Crippen LogP contribution in [0.3, 0.4) is 0 Å². The Labute approximate surface area is 373 Å². The van der Waals surface area contributed by atoms with Gasteiger partial charge in [0.05, 0.1) is 53.6 Å². The third-order valence-corrected chi connectivity index (χ3v) is 14.0. The van der Waals surface area contributed by atoms with E-state index in [4.69, 9.17) is 45.4 Å². The van der Waals surface area contributed by atoms with Crippen LogP contribution in [0.15, 0.2) is 30.3 Å². The minimum absolute atomic E-state index is 0.0623. The third-order valence-electron chi connectivity index (χ3n) is 13.6. The Morgan fingerprint density at radius 1 is 0.935 bits per heavy atom. The van der Waals surface area contributed by atoms with Gasteiger partial charge in [0, 0.05) is 46.1 Å². The second kappa shape index (κ2) is 21.6. The zero-order valence-corrected chi connectivity index (χ0v) is 39.7. The zero-order chi connectivity index (χ0) is 46.5. The number of hydrogen-bond acceptors (Lipinski definition) is 14. The summed E-state index contributed by atoms with van der Waals surface area (Å²) in [6.07, 6.45) is -9.70. The van der Waals surface area contributed by atoms with Crippen molar-refractivity contribution in [2.75, 3.05) is 21.3 Å². The van der Waals surface area contributed by atoms with Gasteiger partial charge in [0.2, 0.25) is 5.91 Å². The standard InChI is InChI=1S/C45H75N3O13S/c1-14-32-45(10,54)36(50)28(6)47-39(52)24(2)21-44(9,56-13)38(26(4)35(27(5)40(53)59-32)60-33-22-43(8,55-12)37(51)29(7)58-33)61-41-34(49)31(20-25(3)57-41)48(11)42(62)46-23-30-18-16-15-17-19-30/h15-19,24-29,31-38,41,49-51,54H,14,20-23H2,1-13H3,(H,46,62)(H,47,52)/t24-,25-,26+,27-,28-,29+,31+,32-,33+,34-,35+,36-,37+,38-,41?,43-,44-,45-/m1/s1. The van der Waals surface area contributed by atoms with Crippen LogP contribution in [0.2, 0.25) is 0 Å². The summed E-state index contributed by atoms with van der Waals surface area (Å²) in [5.74, 6) is -3.77. The van der Waals surface area contributed by atoms with Crippen LogP contribution < -0.4 is 10.6 Å². The second-order valence-electron chi connectivity index (χ2n) is 18.5. The highest BCUT2D eigenvalue weighted by molar-refractivity contribution is 7.80. The van der Waals surface area contributed by atoms with Gasteiger partial charge in [0.1, 0.15) is 30.0 Å². The number of cyclic esters (lactones) is 1. The first-order valence-corrected chi connectivity index (χ1v) is 22.4. The van der Waals surface area contributed by atoms with Gasteiger partial charge in [-0.1, -0.05) is 51.1 Å². The van der Waals surface area contributed by atoms with Gasteiger partial charge in [0.25, 0.3) is 0 Å². The molecule has 3 saturated heterocycles. The molecule has 6 N–H and O–H groups in total. The van der Waals surface area contributed by atoms with E-state index in [9.17, 15) is 30.0 Å². The number of hydrogen-bond donors (Lipinski definition) is 6. The number of esters is 1. The van der Waals surface area contributed by atoms with E-state index in [1.807, 2.05) is 56.1 Å². The van der Waals surface area contributed by atoms with E-state index in [0.717, 1.165) is 5.56 Å². The van der Waals surface area contributed by atoms with Gasteiger partial charge in [-0.3, -0.25) is 9.59 Å². The summed E-state index contributed by atoms with van der Waals surface area (Å²) in [6, 6.07) is 8.33. The molecule has 1 aromatic carbocycles. The van der Waals surface area contributed by atoms with Crippen molar-refractivity contribution >= 4 is 29.2 Å². The molecule has 0 aliphatic carbocycles. The number of rotatable bonds is 10. The number of likely N-dealkylation sites (N-methyl/N-ethyl adjacent to an activating group) is 1. The molecule has 0 saturated carbocycles. The largest absolute Gasteiger partial charge is 0.459 e. The molecule has 3 heterocycles. The molecule has 18 atom stereocenters. The molecular formula is C45H75N3O13S. The first-order valence-electron chi connectivity index (χ1n) is 22.0. The number of benzene rings is 1. The molecule has 16 nitrogen and oxygen atoms in total. The maximum Gasteiger partial charge on any atom is 0.311 e. The van der Waals surface area contributed by atoms with Crippen LogP contribution >= 0.6 is 12.2 Å². The summed E-state index contributed by atoms with van der Waals surface area (Å²) < 4.78 is 44.5. The number of ether oxygens (including phenoxy) is 7. The number of nitrogens with zero attached hydrogens (tertiary/aromatic N) is 1. The minimum Gasteiger partial charge on any atom is -0.459 e. The predicted octanol–water partition coefficient (Wildman–Crippen LogP) is 3.18. The van der Waals surface area contributed by atoms with E-state index in [0.29, 0.717) is 18.1 Å². The van der Waals surface area contributed by atoms with Gasteiger partial charge < -0.3 is 69.1 Å². The molecule has 354 valence electrons. The summed E-state index contributed by atoms with van der Waals surface area (Å²) in [5, 5.41) is 52.9. The molecule has 1 unspecified atom stereocenters. The number of carbonyl (C=O) groups is 2. The number of aliphatic hydroxyl groups is 4. The Kier molecular flexibility index (Phi) is 18.2. The Bertz CT molecular complexity index is 1630. The molecule has 4 rings (SSSR count). The van der Waals surface area contributed by atoms with Crippen LogP contribution in [0, 0.1) is 17.8 Å². The number of nitrogens with one attached hydrogen (secondary N) is 2. The number of thiocarbonyl (C=S) groups is 1. The summed E-state index contributed by atoms with van der Waals surface area (Å²) in [4.78, 5) is 30.1. The van der Waals surface area contributed by atoms with Gasteiger partial charge >= 0.3 is 5.97 Å². The van der Waals surface area contributed by atoms with Crippen LogP contribution in [0.5, 0.6) is 0 Å². The number of aliphatic hydroxyl groups excluding tert-OH is 3. The maximum absolute atomic E-state index is 14.4. The first kappa shape index (κ1) is 52.1. The second-order valence-corrected chi connectivity index (χ2v) is 18.9. The van der Waals surface area contributed by atoms with Gasteiger partial charge in [-0.2, -0.15) is 0 Å². The molecule has 0 spiro atoms. The molecule has 3 fully saturated rings. The highest BCUT2D eigenvalue weighted by Crippen LogP contribution is 2.41. The van der Waals surface area contributed by atoms with Crippen molar-refractivity contribution in [1.82, 2.24) is 15.5 Å². The van der Waals surface area contributed by atoms with Crippen molar-refractivity contribution in [3.63, 3.8) is 0 Å². The van der Waals surface area contributed by atoms with Gasteiger partial charge in [0.15, 0.2) is 17.7 Å². The topological polar surface area (TPSA) is 207 Å². The van der Waals surface area contributed by atoms with Gasteiger partial charge in [-0.05, 0) is 85.5 Å². The lowest BCUT2D eigenvalue weighted by molar-refractivity contribution is -0.318. The SMILES string of the molecule is CC[C@H]1OC(=O)[C@H](C)[C@@H](O[C@H]2C[C@@](C)(OC)[C@@H](O)[C@H](C)O2)[C@H](C)[C@@H](OC2O[C@H](C)C[C@H](N(C)C(=S)NCc3ccccc3)[C@H]2O)[C@](C)(OC)C[C@@H](C)C(=O)N[C@H](C)[C@@H](O)[C@]1(C)O.